The van der Waals surface area contributed by atoms with Crippen LogP contribution in [0.2, 0.25) is 5.15 Å². The molecule has 0 aliphatic heterocycles. The summed E-state index contributed by atoms with van der Waals surface area (Å²) in [6, 6.07) is 1.58. The number of hydrogen-bond acceptors (Lipinski definition) is 1. The molecule has 0 radical (unpaired) electrons. The van der Waals surface area contributed by atoms with E-state index < -0.39 is 35.3 Å². The highest BCUT2D eigenvalue weighted by atomic mass is 35.5. The molecule has 1 aromatic heterocycles. The Morgan fingerprint density at radius 3 is 2.17 bits per heavy atom. The number of benzene rings is 1. The van der Waals surface area contributed by atoms with Gasteiger partial charge in [0.1, 0.15) is 16.5 Å². The molecule has 0 aliphatic rings. The first kappa shape index (κ1) is 12.8. The van der Waals surface area contributed by atoms with Gasteiger partial charge in [0.05, 0.1) is 0 Å². The van der Waals surface area contributed by atoms with Crippen molar-refractivity contribution in [3.8, 4) is 5.69 Å². The Kier molecular flexibility index (Phi) is 3.25. The van der Waals surface area contributed by atoms with Crippen molar-refractivity contribution >= 4 is 11.6 Å². The van der Waals surface area contributed by atoms with Gasteiger partial charge in [-0.3, -0.25) is 0 Å². The third kappa shape index (κ3) is 2.17. The van der Waals surface area contributed by atoms with E-state index in [0.717, 1.165) is 6.07 Å². The fourth-order valence-electron chi connectivity index (χ4n) is 1.33. The summed E-state index contributed by atoms with van der Waals surface area (Å²) in [5.41, 5.74) is -1.24. The molecule has 0 spiro atoms. The lowest BCUT2D eigenvalue weighted by Crippen LogP contribution is -2.03. The van der Waals surface area contributed by atoms with Gasteiger partial charge in [-0.25, -0.2) is 26.6 Å². The van der Waals surface area contributed by atoms with Crippen LogP contribution in [0.5, 0.6) is 0 Å². The molecule has 0 saturated heterocycles. The van der Waals surface area contributed by atoms with Crippen LogP contribution < -0.4 is 0 Å². The van der Waals surface area contributed by atoms with Gasteiger partial charge in [0.15, 0.2) is 17.5 Å². The van der Waals surface area contributed by atoms with Gasteiger partial charge < -0.3 is 0 Å². The molecule has 0 bridgehead atoms. The molecule has 2 nitrogen and oxygen atoms in total. The van der Waals surface area contributed by atoms with Crippen LogP contribution in [0.1, 0.15) is 12.1 Å². The molecule has 0 unspecified atom stereocenters. The molecule has 0 atom stereocenters. The summed E-state index contributed by atoms with van der Waals surface area (Å²) in [5.74, 6) is -3.90. The summed E-state index contributed by atoms with van der Waals surface area (Å²) in [4.78, 5) is 0. The lowest BCUT2D eigenvalue weighted by molar-refractivity contribution is 0.145. The minimum absolute atomic E-state index is 0.282. The fraction of sp³-hybridized carbons (Fsp3) is 0.100. The van der Waals surface area contributed by atoms with Crippen LogP contribution in [0.25, 0.3) is 5.69 Å². The second kappa shape index (κ2) is 4.56. The molecular weight excluding hydrogens is 279 g/mol. The summed E-state index contributed by atoms with van der Waals surface area (Å²) in [6.07, 6.45) is -2.91. The molecule has 1 heterocycles. The van der Waals surface area contributed by atoms with E-state index in [9.17, 15) is 22.0 Å². The SMILES string of the molecule is Fc1cc(F)c(-n2nc(C(F)F)cc2Cl)cc1F. The molecule has 96 valence electrons. The zero-order chi connectivity index (χ0) is 13.4. The van der Waals surface area contributed by atoms with Crippen LogP contribution in [-0.2, 0) is 0 Å². The van der Waals surface area contributed by atoms with Gasteiger partial charge in [-0.15, -0.1) is 0 Å². The molecule has 0 saturated carbocycles. The maximum atomic E-state index is 13.4. The predicted octanol–water partition coefficient (Wildman–Crippen LogP) is 3.88. The van der Waals surface area contributed by atoms with Gasteiger partial charge in [-0.1, -0.05) is 11.6 Å². The van der Waals surface area contributed by atoms with E-state index in [1.54, 1.807) is 0 Å². The summed E-state index contributed by atoms with van der Waals surface area (Å²) < 4.78 is 64.4. The number of aromatic nitrogens is 2. The van der Waals surface area contributed by atoms with E-state index in [1.165, 1.54) is 0 Å². The lowest BCUT2D eigenvalue weighted by Gasteiger charge is -2.05. The standard InChI is InChI=1S/C10H4ClF5N2/c11-9-3-7(10(15)16)17-18(9)8-2-5(13)4(12)1-6(8)14/h1-3,10H. The average molecular weight is 283 g/mol. The summed E-state index contributed by atoms with van der Waals surface area (Å²) in [5, 5.41) is 2.98. The molecule has 0 amide bonds. The van der Waals surface area contributed by atoms with Gasteiger partial charge in [-0.05, 0) is 0 Å². The Morgan fingerprint density at radius 2 is 1.61 bits per heavy atom. The first-order valence-corrected chi connectivity index (χ1v) is 4.96. The Bertz CT molecular complexity index is 596. The third-order valence-electron chi connectivity index (χ3n) is 2.13. The Labute approximate surface area is 103 Å². The van der Waals surface area contributed by atoms with Gasteiger partial charge in [0, 0.05) is 18.2 Å². The van der Waals surface area contributed by atoms with E-state index in [1.807, 2.05) is 0 Å². The molecular formula is C10H4ClF5N2. The summed E-state index contributed by atoms with van der Waals surface area (Å²) >= 11 is 5.57. The Hall–Kier alpha value is -1.63. The first-order chi connectivity index (χ1) is 8.40. The maximum absolute atomic E-state index is 13.4. The number of nitrogens with zero attached hydrogens (tertiary/aromatic N) is 2. The minimum atomic E-state index is -2.91. The molecule has 0 fully saturated rings. The van der Waals surface area contributed by atoms with Crippen molar-refractivity contribution in [3.63, 3.8) is 0 Å². The smallest absolute Gasteiger partial charge is 0.219 e. The number of hydrogen-bond donors (Lipinski definition) is 0. The fourth-order valence-corrected chi connectivity index (χ4v) is 1.57. The second-order valence-electron chi connectivity index (χ2n) is 3.32. The van der Waals surface area contributed by atoms with Gasteiger partial charge in [-0.2, -0.15) is 5.10 Å². The molecule has 0 aliphatic carbocycles. The second-order valence-corrected chi connectivity index (χ2v) is 3.71. The van der Waals surface area contributed by atoms with Crippen molar-refractivity contribution < 1.29 is 22.0 Å². The number of alkyl halides is 2. The summed E-state index contributed by atoms with van der Waals surface area (Å²) in [7, 11) is 0. The molecule has 18 heavy (non-hydrogen) atoms. The van der Waals surface area contributed by atoms with Gasteiger partial charge >= 0.3 is 0 Å². The normalized spacial score (nSPS) is 11.3. The van der Waals surface area contributed by atoms with E-state index in [2.05, 4.69) is 5.10 Å². The molecule has 2 aromatic rings. The van der Waals surface area contributed by atoms with E-state index in [4.69, 9.17) is 11.6 Å². The monoisotopic (exact) mass is 282 g/mol. The van der Waals surface area contributed by atoms with Crippen LogP contribution in [0, 0.1) is 17.5 Å². The van der Waals surface area contributed by atoms with Crippen LogP contribution in [0.15, 0.2) is 18.2 Å². The highest BCUT2D eigenvalue weighted by molar-refractivity contribution is 6.29. The zero-order valence-electron chi connectivity index (χ0n) is 8.47. The van der Waals surface area contributed by atoms with Crippen molar-refractivity contribution in [1.82, 2.24) is 9.78 Å². The highest BCUT2D eigenvalue weighted by Gasteiger charge is 2.19. The first-order valence-electron chi connectivity index (χ1n) is 4.58. The van der Waals surface area contributed by atoms with Crippen LogP contribution in [0.3, 0.4) is 0 Å². The predicted molar refractivity (Wildman–Crippen MR) is 53.4 cm³/mol. The van der Waals surface area contributed by atoms with E-state index in [0.29, 0.717) is 10.7 Å². The minimum Gasteiger partial charge on any atom is -0.219 e. The average Bonchev–Trinajstić information content (AvgIpc) is 2.66. The van der Waals surface area contributed by atoms with Gasteiger partial charge in [0.25, 0.3) is 6.43 Å². The third-order valence-corrected chi connectivity index (χ3v) is 2.40. The Morgan fingerprint density at radius 1 is 1.00 bits per heavy atom. The van der Waals surface area contributed by atoms with Crippen molar-refractivity contribution in [2.75, 3.05) is 0 Å². The van der Waals surface area contributed by atoms with Crippen LogP contribution >= 0.6 is 11.6 Å². The van der Waals surface area contributed by atoms with Crippen molar-refractivity contribution in [3.05, 3.63) is 46.5 Å². The lowest BCUT2D eigenvalue weighted by atomic mass is 10.3. The molecule has 1 aromatic carbocycles. The van der Waals surface area contributed by atoms with Crippen molar-refractivity contribution in [2.45, 2.75) is 6.43 Å². The highest BCUT2D eigenvalue weighted by Crippen LogP contribution is 2.26. The number of rotatable bonds is 2. The quantitative estimate of drug-likeness (QED) is 0.604. The van der Waals surface area contributed by atoms with Crippen LogP contribution in [-0.4, -0.2) is 9.78 Å². The topological polar surface area (TPSA) is 17.8 Å². The molecule has 8 heteroatoms. The maximum Gasteiger partial charge on any atom is 0.282 e. The van der Waals surface area contributed by atoms with Crippen LogP contribution in [0.4, 0.5) is 22.0 Å². The Balaban J connectivity index is 2.58. The van der Waals surface area contributed by atoms with E-state index in [-0.39, 0.29) is 11.2 Å². The van der Waals surface area contributed by atoms with Crippen molar-refractivity contribution in [1.29, 1.82) is 0 Å². The van der Waals surface area contributed by atoms with Crippen molar-refractivity contribution in [2.24, 2.45) is 0 Å². The number of halogens is 6. The van der Waals surface area contributed by atoms with Gasteiger partial charge in [0.2, 0.25) is 0 Å². The largest absolute Gasteiger partial charge is 0.282 e. The molecule has 2 rings (SSSR count). The van der Waals surface area contributed by atoms with E-state index >= 15 is 0 Å². The zero-order valence-corrected chi connectivity index (χ0v) is 9.23. The molecule has 0 N–H and O–H groups in total. The summed E-state index contributed by atoms with van der Waals surface area (Å²) in [6.45, 7) is 0.